The molecule has 0 aromatic carbocycles. The third-order valence-corrected chi connectivity index (χ3v) is 3.46. The molecular weight excluding hydrogens is 276 g/mol. The normalized spacial score (nSPS) is 9.55. The van der Waals surface area contributed by atoms with Crippen LogP contribution in [0.4, 0.5) is 0 Å². The highest BCUT2D eigenvalue weighted by atomic mass is 32.1. The monoisotopic (exact) mass is 294 g/mol. The van der Waals surface area contributed by atoms with E-state index in [4.69, 9.17) is 5.11 Å². The average Bonchev–Trinajstić information content (AvgIpc) is 2.91. The Morgan fingerprint density at radius 3 is 2.85 bits per heavy atom. The van der Waals surface area contributed by atoms with E-state index in [1.165, 1.54) is 16.2 Å². The van der Waals surface area contributed by atoms with Crippen LogP contribution in [0.3, 0.4) is 0 Å². The van der Waals surface area contributed by atoms with E-state index in [-0.39, 0.29) is 25.0 Å². The molecule has 6 heteroatoms. The summed E-state index contributed by atoms with van der Waals surface area (Å²) < 4.78 is 0. The summed E-state index contributed by atoms with van der Waals surface area (Å²) in [6.07, 6.45) is 0.770. The largest absolute Gasteiger partial charge is 0.384 e. The standard InChI is InChI=1S/C14H18N2O3S/c1-3-7-16(10-12(18)15-2)14(19)13-11(5-4-8-17)6-9-20-13/h6,9,17H,3,7-8,10H2,1-2H3,(H,15,18). The summed E-state index contributed by atoms with van der Waals surface area (Å²) in [6, 6.07) is 1.74. The van der Waals surface area contributed by atoms with Gasteiger partial charge in [0.15, 0.2) is 0 Å². The molecule has 1 rings (SSSR count). The number of nitrogens with zero attached hydrogens (tertiary/aromatic N) is 1. The minimum atomic E-state index is -0.250. The Balaban J connectivity index is 2.94. The van der Waals surface area contributed by atoms with Gasteiger partial charge >= 0.3 is 0 Å². The van der Waals surface area contributed by atoms with Gasteiger partial charge in [-0.1, -0.05) is 18.8 Å². The number of carbonyl (C=O) groups excluding carboxylic acids is 2. The summed E-state index contributed by atoms with van der Waals surface area (Å²) >= 11 is 1.29. The van der Waals surface area contributed by atoms with Crippen LogP contribution in [0.2, 0.25) is 0 Å². The van der Waals surface area contributed by atoms with Gasteiger partial charge in [-0.05, 0) is 17.9 Å². The van der Waals surface area contributed by atoms with E-state index in [1.807, 2.05) is 6.92 Å². The number of aliphatic hydroxyl groups is 1. The number of aliphatic hydroxyl groups excluding tert-OH is 1. The molecule has 1 aromatic rings. The van der Waals surface area contributed by atoms with Gasteiger partial charge in [-0.2, -0.15) is 0 Å². The lowest BCUT2D eigenvalue weighted by atomic mass is 10.2. The van der Waals surface area contributed by atoms with Crippen molar-refractivity contribution in [3.05, 3.63) is 21.9 Å². The van der Waals surface area contributed by atoms with Gasteiger partial charge in [0, 0.05) is 19.2 Å². The van der Waals surface area contributed by atoms with E-state index in [0.29, 0.717) is 17.0 Å². The number of hydrogen-bond acceptors (Lipinski definition) is 4. The van der Waals surface area contributed by atoms with Crippen molar-refractivity contribution in [2.24, 2.45) is 0 Å². The lowest BCUT2D eigenvalue weighted by Crippen LogP contribution is -2.40. The predicted molar refractivity (Wildman–Crippen MR) is 78.5 cm³/mol. The van der Waals surface area contributed by atoms with Crippen molar-refractivity contribution in [3.63, 3.8) is 0 Å². The van der Waals surface area contributed by atoms with Crippen LogP contribution in [0.15, 0.2) is 11.4 Å². The summed E-state index contributed by atoms with van der Waals surface area (Å²) in [5.41, 5.74) is 0.590. The molecule has 108 valence electrons. The second kappa shape index (κ2) is 8.35. The molecule has 0 unspecified atom stereocenters. The van der Waals surface area contributed by atoms with Gasteiger partial charge in [0.2, 0.25) is 5.91 Å². The number of nitrogens with one attached hydrogen (secondary N) is 1. The first-order chi connectivity index (χ1) is 9.63. The molecule has 20 heavy (non-hydrogen) atoms. The number of likely N-dealkylation sites (N-methyl/N-ethyl adjacent to an activating group) is 1. The van der Waals surface area contributed by atoms with E-state index in [0.717, 1.165) is 6.42 Å². The van der Waals surface area contributed by atoms with Crippen molar-refractivity contribution in [1.29, 1.82) is 0 Å². The molecule has 0 fully saturated rings. The van der Waals surface area contributed by atoms with Crippen LogP contribution in [0.5, 0.6) is 0 Å². The first-order valence-electron chi connectivity index (χ1n) is 6.31. The lowest BCUT2D eigenvalue weighted by molar-refractivity contribution is -0.121. The van der Waals surface area contributed by atoms with Crippen molar-refractivity contribution >= 4 is 23.2 Å². The summed E-state index contributed by atoms with van der Waals surface area (Å²) in [7, 11) is 1.54. The maximum Gasteiger partial charge on any atom is 0.265 e. The highest BCUT2D eigenvalue weighted by molar-refractivity contribution is 7.12. The molecule has 2 amide bonds. The third kappa shape index (κ3) is 4.37. The minimum Gasteiger partial charge on any atom is -0.384 e. The topological polar surface area (TPSA) is 69.6 Å². The van der Waals surface area contributed by atoms with E-state index in [9.17, 15) is 9.59 Å². The van der Waals surface area contributed by atoms with Gasteiger partial charge in [0.05, 0.1) is 6.54 Å². The zero-order valence-corrected chi connectivity index (χ0v) is 12.4. The van der Waals surface area contributed by atoms with Crippen LogP contribution in [0.1, 0.15) is 28.6 Å². The highest BCUT2D eigenvalue weighted by Crippen LogP contribution is 2.18. The van der Waals surface area contributed by atoms with Crippen LogP contribution in [-0.4, -0.2) is 48.6 Å². The van der Waals surface area contributed by atoms with Crippen molar-refractivity contribution in [3.8, 4) is 11.8 Å². The van der Waals surface area contributed by atoms with Crippen molar-refractivity contribution in [2.75, 3.05) is 26.7 Å². The SMILES string of the molecule is CCCN(CC(=O)NC)C(=O)c1sccc1C#CCO. The Labute approximate surface area is 122 Å². The van der Waals surface area contributed by atoms with Gasteiger partial charge in [-0.3, -0.25) is 9.59 Å². The fourth-order valence-electron chi connectivity index (χ4n) is 1.63. The minimum absolute atomic E-state index is 0.0357. The molecule has 0 bridgehead atoms. The number of amides is 2. The van der Waals surface area contributed by atoms with Crippen LogP contribution in [0.25, 0.3) is 0 Å². The van der Waals surface area contributed by atoms with E-state index in [2.05, 4.69) is 17.2 Å². The predicted octanol–water partition coefficient (Wildman–Crippen LogP) is 0.690. The molecule has 5 nitrogen and oxygen atoms in total. The molecular formula is C14H18N2O3S. The zero-order chi connectivity index (χ0) is 15.0. The molecule has 0 radical (unpaired) electrons. The smallest absolute Gasteiger partial charge is 0.265 e. The molecule has 0 aliphatic rings. The second-order valence-electron chi connectivity index (χ2n) is 4.02. The van der Waals surface area contributed by atoms with Gasteiger partial charge in [0.25, 0.3) is 5.91 Å². The number of thiophene rings is 1. The molecule has 0 saturated carbocycles. The Bertz CT molecular complexity index is 528. The van der Waals surface area contributed by atoms with Crippen LogP contribution >= 0.6 is 11.3 Å². The summed E-state index contributed by atoms with van der Waals surface area (Å²) in [5, 5.41) is 13.0. The molecule has 0 aliphatic carbocycles. The van der Waals surface area contributed by atoms with E-state index in [1.54, 1.807) is 18.5 Å². The van der Waals surface area contributed by atoms with Crippen LogP contribution in [0, 0.1) is 11.8 Å². The number of rotatable bonds is 5. The molecule has 0 aliphatic heterocycles. The summed E-state index contributed by atoms with van der Waals surface area (Å²) in [6.45, 7) is 2.25. The zero-order valence-electron chi connectivity index (χ0n) is 11.6. The maximum atomic E-state index is 12.5. The van der Waals surface area contributed by atoms with Crippen molar-refractivity contribution < 1.29 is 14.7 Å². The molecule has 0 atom stereocenters. The summed E-state index contributed by atoms with van der Waals surface area (Å²) in [4.78, 5) is 25.9. The van der Waals surface area contributed by atoms with E-state index >= 15 is 0 Å². The Kier molecular flexibility index (Phi) is 6.77. The van der Waals surface area contributed by atoms with Gasteiger partial charge in [-0.15, -0.1) is 11.3 Å². The van der Waals surface area contributed by atoms with Crippen LogP contribution in [-0.2, 0) is 4.79 Å². The van der Waals surface area contributed by atoms with Crippen molar-refractivity contribution in [1.82, 2.24) is 10.2 Å². The Morgan fingerprint density at radius 1 is 1.50 bits per heavy atom. The van der Waals surface area contributed by atoms with Crippen LogP contribution < -0.4 is 5.32 Å². The first-order valence-corrected chi connectivity index (χ1v) is 7.19. The third-order valence-electron chi connectivity index (χ3n) is 2.56. The molecule has 2 N–H and O–H groups in total. The number of hydrogen-bond donors (Lipinski definition) is 2. The van der Waals surface area contributed by atoms with E-state index < -0.39 is 0 Å². The molecule has 0 saturated heterocycles. The molecule has 1 aromatic heterocycles. The molecule has 0 spiro atoms. The van der Waals surface area contributed by atoms with Crippen molar-refractivity contribution in [2.45, 2.75) is 13.3 Å². The highest BCUT2D eigenvalue weighted by Gasteiger charge is 2.21. The fraction of sp³-hybridized carbons (Fsp3) is 0.429. The van der Waals surface area contributed by atoms with Gasteiger partial charge in [0.1, 0.15) is 11.5 Å². The quantitative estimate of drug-likeness (QED) is 0.785. The Hall–Kier alpha value is -1.84. The Morgan fingerprint density at radius 2 is 2.25 bits per heavy atom. The summed E-state index contributed by atoms with van der Waals surface area (Å²) in [5.74, 6) is 4.88. The van der Waals surface area contributed by atoms with Gasteiger partial charge < -0.3 is 15.3 Å². The van der Waals surface area contributed by atoms with Gasteiger partial charge in [-0.25, -0.2) is 0 Å². The first kappa shape index (κ1) is 16.2. The number of carbonyl (C=O) groups is 2. The maximum absolute atomic E-state index is 12.5. The molecule has 1 heterocycles. The fourth-order valence-corrected chi connectivity index (χ4v) is 2.44. The lowest BCUT2D eigenvalue weighted by Gasteiger charge is -2.20. The average molecular weight is 294 g/mol. The second-order valence-corrected chi connectivity index (χ2v) is 4.94.